The smallest absolute Gasteiger partial charge is 0.270 e. The van der Waals surface area contributed by atoms with Crippen molar-refractivity contribution in [3.05, 3.63) is 50.5 Å². The molecule has 0 radical (unpaired) electrons. The lowest BCUT2D eigenvalue weighted by atomic mass is 10.1. The molecule has 2 rings (SSSR count). The van der Waals surface area contributed by atoms with Crippen LogP contribution >= 0.6 is 11.3 Å². The summed E-state index contributed by atoms with van der Waals surface area (Å²) in [5, 5.41) is 22.2. The van der Waals surface area contributed by atoms with Gasteiger partial charge in [0.25, 0.3) is 5.69 Å². The molecule has 0 saturated carbocycles. The van der Waals surface area contributed by atoms with Crippen LogP contribution in [0.1, 0.15) is 24.3 Å². The van der Waals surface area contributed by atoms with Crippen LogP contribution in [-0.4, -0.2) is 15.0 Å². The van der Waals surface area contributed by atoms with Gasteiger partial charge in [-0.15, -0.1) is 11.3 Å². The molecule has 0 saturated heterocycles. The largest absolute Gasteiger partial charge is 0.487 e. The molecule has 2 aromatic rings. The van der Waals surface area contributed by atoms with Crippen LogP contribution in [0, 0.1) is 10.1 Å². The van der Waals surface area contributed by atoms with Crippen molar-refractivity contribution in [1.82, 2.24) is 4.98 Å². The molecular formula is C12H12N2O4S. The summed E-state index contributed by atoms with van der Waals surface area (Å²) >= 11 is 1.46. The lowest BCUT2D eigenvalue weighted by Gasteiger charge is -2.12. The first-order valence-corrected chi connectivity index (χ1v) is 6.48. The minimum Gasteiger partial charge on any atom is -0.487 e. The maximum Gasteiger partial charge on any atom is 0.270 e. The number of aliphatic hydroxyl groups is 1. The summed E-state index contributed by atoms with van der Waals surface area (Å²) in [6, 6.07) is 4.16. The number of nitro benzene ring substituents is 1. The number of rotatable bonds is 5. The van der Waals surface area contributed by atoms with Crippen molar-refractivity contribution in [2.75, 3.05) is 0 Å². The number of non-ortho nitro benzene ring substituents is 1. The fraction of sp³-hybridized carbons (Fsp3) is 0.250. The van der Waals surface area contributed by atoms with Gasteiger partial charge in [-0.05, 0) is 13.0 Å². The number of aliphatic hydroxyl groups excluding tert-OH is 1. The Bertz CT molecular complexity index is 569. The first kappa shape index (κ1) is 13.4. The third-order valence-electron chi connectivity index (χ3n) is 2.51. The average molecular weight is 280 g/mol. The predicted molar refractivity (Wildman–Crippen MR) is 70.2 cm³/mol. The van der Waals surface area contributed by atoms with E-state index in [0.717, 1.165) is 5.69 Å². The van der Waals surface area contributed by atoms with Gasteiger partial charge in [0.15, 0.2) is 0 Å². The molecule has 1 atom stereocenters. The van der Waals surface area contributed by atoms with E-state index >= 15 is 0 Å². The molecule has 0 bridgehead atoms. The molecule has 1 aromatic heterocycles. The number of hydrogen-bond acceptors (Lipinski definition) is 6. The van der Waals surface area contributed by atoms with Crippen LogP contribution in [0.15, 0.2) is 29.1 Å². The minimum absolute atomic E-state index is 0.0723. The molecule has 0 aliphatic rings. The van der Waals surface area contributed by atoms with E-state index in [9.17, 15) is 15.2 Å². The molecule has 6 nitrogen and oxygen atoms in total. The van der Waals surface area contributed by atoms with Crippen molar-refractivity contribution in [3.8, 4) is 5.75 Å². The first-order chi connectivity index (χ1) is 9.08. The van der Waals surface area contributed by atoms with Gasteiger partial charge in [0, 0.05) is 23.1 Å². The fourth-order valence-electron chi connectivity index (χ4n) is 1.57. The second kappa shape index (κ2) is 5.77. The Morgan fingerprint density at radius 3 is 2.95 bits per heavy atom. The van der Waals surface area contributed by atoms with Gasteiger partial charge in [0.1, 0.15) is 12.4 Å². The summed E-state index contributed by atoms with van der Waals surface area (Å²) in [4.78, 5) is 14.3. The molecule has 0 unspecified atom stereocenters. The Labute approximate surface area is 113 Å². The molecule has 0 aliphatic heterocycles. The van der Waals surface area contributed by atoms with Crippen molar-refractivity contribution in [2.45, 2.75) is 19.6 Å². The van der Waals surface area contributed by atoms with E-state index in [1.165, 1.54) is 36.5 Å². The summed E-state index contributed by atoms with van der Waals surface area (Å²) in [6.45, 7) is 1.80. The van der Waals surface area contributed by atoms with Crippen LogP contribution in [-0.2, 0) is 6.61 Å². The monoisotopic (exact) mass is 280 g/mol. The van der Waals surface area contributed by atoms with Gasteiger partial charge in [0.05, 0.1) is 22.2 Å². The number of ether oxygens (including phenoxy) is 1. The fourth-order valence-corrected chi connectivity index (χ4v) is 2.11. The molecule has 19 heavy (non-hydrogen) atoms. The third kappa shape index (κ3) is 3.27. The summed E-state index contributed by atoms with van der Waals surface area (Å²) in [5.41, 5.74) is 2.80. The summed E-state index contributed by atoms with van der Waals surface area (Å²) < 4.78 is 5.54. The van der Waals surface area contributed by atoms with Gasteiger partial charge in [-0.2, -0.15) is 0 Å². The van der Waals surface area contributed by atoms with E-state index in [-0.39, 0.29) is 12.3 Å². The number of nitrogens with zero attached hydrogens (tertiary/aromatic N) is 2. The van der Waals surface area contributed by atoms with Crippen molar-refractivity contribution >= 4 is 17.0 Å². The standard InChI is InChI=1S/C12H12N2O4S/c1-8(15)11-4-10(14(16)17)2-3-12(11)18-5-9-6-19-7-13-9/h2-4,6-8,15H,5H2,1H3/t8-/m1/s1. The van der Waals surface area contributed by atoms with Gasteiger partial charge in [-0.1, -0.05) is 0 Å². The number of benzene rings is 1. The van der Waals surface area contributed by atoms with Gasteiger partial charge < -0.3 is 9.84 Å². The van der Waals surface area contributed by atoms with Crippen LogP contribution in [0.3, 0.4) is 0 Å². The van der Waals surface area contributed by atoms with Gasteiger partial charge >= 0.3 is 0 Å². The number of nitro groups is 1. The molecule has 0 amide bonds. The Balaban J connectivity index is 2.21. The molecule has 0 spiro atoms. The quantitative estimate of drug-likeness (QED) is 0.672. The SMILES string of the molecule is C[C@@H](O)c1cc([N+](=O)[O-])ccc1OCc1cscn1. The highest BCUT2D eigenvalue weighted by Crippen LogP contribution is 2.29. The Hall–Kier alpha value is -1.99. The van der Waals surface area contributed by atoms with E-state index in [1.807, 2.05) is 5.38 Å². The minimum atomic E-state index is -0.842. The highest BCUT2D eigenvalue weighted by Gasteiger charge is 2.15. The van der Waals surface area contributed by atoms with Crippen LogP contribution in [0.2, 0.25) is 0 Å². The van der Waals surface area contributed by atoms with E-state index in [4.69, 9.17) is 4.74 Å². The van der Waals surface area contributed by atoms with Crippen LogP contribution in [0.4, 0.5) is 5.69 Å². The van der Waals surface area contributed by atoms with E-state index in [1.54, 1.807) is 5.51 Å². The van der Waals surface area contributed by atoms with Gasteiger partial charge in [-0.3, -0.25) is 10.1 Å². The molecular weight excluding hydrogens is 268 g/mol. The zero-order chi connectivity index (χ0) is 13.8. The summed E-state index contributed by atoms with van der Waals surface area (Å²) in [6.07, 6.45) is -0.842. The van der Waals surface area contributed by atoms with E-state index in [0.29, 0.717) is 11.3 Å². The van der Waals surface area contributed by atoms with Crippen LogP contribution in [0.25, 0.3) is 0 Å². The zero-order valence-corrected chi connectivity index (χ0v) is 11.0. The molecule has 1 aromatic carbocycles. The Morgan fingerprint density at radius 2 is 2.37 bits per heavy atom. The topological polar surface area (TPSA) is 85.5 Å². The second-order valence-corrected chi connectivity index (χ2v) is 4.64. The average Bonchev–Trinajstić information content (AvgIpc) is 2.89. The molecule has 0 aliphatic carbocycles. The lowest BCUT2D eigenvalue weighted by Crippen LogP contribution is -2.02. The molecule has 7 heteroatoms. The van der Waals surface area contributed by atoms with Gasteiger partial charge in [0.2, 0.25) is 0 Å². The highest BCUT2D eigenvalue weighted by atomic mass is 32.1. The number of hydrogen-bond donors (Lipinski definition) is 1. The summed E-state index contributed by atoms with van der Waals surface area (Å²) in [7, 11) is 0. The molecule has 1 N–H and O–H groups in total. The van der Waals surface area contributed by atoms with Crippen molar-refractivity contribution < 1.29 is 14.8 Å². The number of aromatic nitrogens is 1. The van der Waals surface area contributed by atoms with Crippen molar-refractivity contribution in [2.24, 2.45) is 0 Å². The normalized spacial score (nSPS) is 12.1. The third-order valence-corrected chi connectivity index (χ3v) is 3.15. The van der Waals surface area contributed by atoms with Gasteiger partial charge in [-0.25, -0.2) is 4.98 Å². The number of thiazole rings is 1. The lowest BCUT2D eigenvalue weighted by molar-refractivity contribution is -0.385. The molecule has 100 valence electrons. The maximum absolute atomic E-state index is 10.7. The Kier molecular flexibility index (Phi) is 4.08. The molecule has 1 heterocycles. The van der Waals surface area contributed by atoms with Crippen LogP contribution < -0.4 is 4.74 Å². The van der Waals surface area contributed by atoms with Crippen molar-refractivity contribution in [3.63, 3.8) is 0 Å². The zero-order valence-electron chi connectivity index (χ0n) is 10.1. The predicted octanol–water partition coefficient (Wildman–Crippen LogP) is 2.68. The van der Waals surface area contributed by atoms with Crippen molar-refractivity contribution in [1.29, 1.82) is 0 Å². The highest BCUT2D eigenvalue weighted by molar-refractivity contribution is 7.07. The maximum atomic E-state index is 10.7. The summed E-state index contributed by atoms with van der Waals surface area (Å²) in [5.74, 6) is 0.425. The molecule has 0 fully saturated rings. The van der Waals surface area contributed by atoms with Crippen LogP contribution in [0.5, 0.6) is 5.75 Å². The second-order valence-electron chi connectivity index (χ2n) is 3.92. The Morgan fingerprint density at radius 1 is 1.58 bits per heavy atom. The first-order valence-electron chi connectivity index (χ1n) is 5.54. The van der Waals surface area contributed by atoms with E-state index in [2.05, 4.69) is 4.98 Å². The van der Waals surface area contributed by atoms with E-state index < -0.39 is 11.0 Å².